The summed E-state index contributed by atoms with van der Waals surface area (Å²) in [5.41, 5.74) is 0.472. The number of hydrogen-bond acceptors (Lipinski definition) is 2. The highest BCUT2D eigenvalue weighted by Crippen LogP contribution is 2.39. The Balaban J connectivity index is 2.13. The summed E-state index contributed by atoms with van der Waals surface area (Å²) in [7, 11) is 0. The number of amides is 2. The Kier molecular flexibility index (Phi) is 10.0. The minimum Gasteiger partial charge on any atom is -0.336 e. The molecule has 2 aromatic carbocycles. The standard InChI is InChI=1S/C24H21Cl2F7N2O2/c1-12-9-14(4-6-17(24(31,32)33)15-10-18(25)21(27)19(26)11-15)3-5-16(12)22(37)35-13(2)34-20(36)7-8-23(28,29)30/h3-6,9-11,13,17H,7-8H2,1-2H3,(H,34,36)(H,35,37)/t13-,17?/m1/s1. The van der Waals surface area contributed by atoms with E-state index in [0.717, 1.165) is 18.2 Å². The van der Waals surface area contributed by atoms with Crippen LogP contribution < -0.4 is 10.6 Å². The normalized spacial score (nSPS) is 13.9. The Bertz CT molecular complexity index is 1160. The molecule has 0 radical (unpaired) electrons. The van der Waals surface area contributed by atoms with Crippen molar-refractivity contribution in [3.8, 4) is 0 Å². The van der Waals surface area contributed by atoms with E-state index < -0.39 is 65.0 Å². The summed E-state index contributed by atoms with van der Waals surface area (Å²) in [6.45, 7) is 2.89. The van der Waals surface area contributed by atoms with Gasteiger partial charge in [-0.2, -0.15) is 26.3 Å². The lowest BCUT2D eigenvalue weighted by atomic mass is 9.96. The van der Waals surface area contributed by atoms with Crippen molar-refractivity contribution in [2.45, 2.75) is 51.1 Å². The Morgan fingerprint density at radius 2 is 1.59 bits per heavy atom. The predicted molar refractivity (Wildman–Crippen MR) is 126 cm³/mol. The number of rotatable bonds is 8. The number of carbonyl (C=O) groups is 2. The summed E-state index contributed by atoms with van der Waals surface area (Å²) >= 11 is 11.3. The van der Waals surface area contributed by atoms with Crippen molar-refractivity contribution >= 4 is 41.1 Å². The maximum Gasteiger partial charge on any atom is 0.399 e. The average molecular weight is 573 g/mol. The van der Waals surface area contributed by atoms with Gasteiger partial charge in [-0.05, 0) is 48.7 Å². The molecule has 0 saturated carbocycles. The monoisotopic (exact) mass is 572 g/mol. The van der Waals surface area contributed by atoms with E-state index in [2.05, 4.69) is 10.6 Å². The third-order valence-corrected chi connectivity index (χ3v) is 5.60. The molecule has 2 aromatic rings. The molecule has 13 heteroatoms. The molecule has 0 bridgehead atoms. The largest absolute Gasteiger partial charge is 0.399 e. The van der Waals surface area contributed by atoms with Crippen LogP contribution in [0, 0.1) is 12.7 Å². The van der Waals surface area contributed by atoms with Gasteiger partial charge in [0, 0.05) is 12.0 Å². The van der Waals surface area contributed by atoms with Crippen molar-refractivity contribution in [1.29, 1.82) is 0 Å². The molecule has 0 spiro atoms. The number of nitrogens with one attached hydrogen (secondary N) is 2. The van der Waals surface area contributed by atoms with Crippen LogP contribution in [0.3, 0.4) is 0 Å². The van der Waals surface area contributed by atoms with Crippen molar-refractivity contribution in [3.63, 3.8) is 0 Å². The topological polar surface area (TPSA) is 58.2 Å². The van der Waals surface area contributed by atoms with Crippen LogP contribution in [0.25, 0.3) is 6.08 Å². The third kappa shape index (κ3) is 9.23. The van der Waals surface area contributed by atoms with E-state index in [1.54, 1.807) is 0 Å². The number of carbonyl (C=O) groups excluding carboxylic acids is 2. The first-order chi connectivity index (χ1) is 17.0. The lowest BCUT2D eigenvalue weighted by Crippen LogP contribution is -2.46. The van der Waals surface area contributed by atoms with Crippen LogP contribution in [0.5, 0.6) is 0 Å². The van der Waals surface area contributed by atoms with Gasteiger partial charge in [-0.3, -0.25) is 9.59 Å². The van der Waals surface area contributed by atoms with Crippen LogP contribution in [-0.2, 0) is 4.79 Å². The fraction of sp³-hybridized carbons (Fsp3) is 0.333. The van der Waals surface area contributed by atoms with Crippen molar-refractivity contribution in [1.82, 2.24) is 10.6 Å². The molecule has 1 unspecified atom stereocenters. The number of aryl methyl sites for hydroxylation is 1. The van der Waals surface area contributed by atoms with Gasteiger partial charge in [0.15, 0.2) is 5.82 Å². The second-order valence-corrected chi connectivity index (χ2v) is 8.94. The Hall–Kier alpha value is -2.79. The molecule has 4 nitrogen and oxygen atoms in total. The van der Waals surface area contributed by atoms with Crippen LogP contribution in [0.4, 0.5) is 30.7 Å². The quantitative estimate of drug-likeness (QED) is 0.197. The average Bonchev–Trinajstić information content (AvgIpc) is 2.74. The molecule has 2 atom stereocenters. The summed E-state index contributed by atoms with van der Waals surface area (Å²) in [5, 5.41) is 3.54. The summed E-state index contributed by atoms with van der Waals surface area (Å²) in [6, 6.07) is 5.84. The van der Waals surface area contributed by atoms with E-state index in [9.17, 15) is 40.3 Å². The van der Waals surface area contributed by atoms with Crippen LogP contribution in [0.15, 0.2) is 36.4 Å². The number of benzene rings is 2. The molecule has 202 valence electrons. The Morgan fingerprint density at radius 1 is 1.00 bits per heavy atom. The summed E-state index contributed by atoms with van der Waals surface area (Å²) in [5.74, 6) is -4.73. The zero-order chi connectivity index (χ0) is 28.1. The second kappa shape index (κ2) is 12.2. The van der Waals surface area contributed by atoms with Gasteiger partial charge in [-0.15, -0.1) is 0 Å². The molecule has 0 aliphatic rings. The van der Waals surface area contributed by atoms with E-state index in [-0.39, 0.29) is 11.1 Å². The first-order valence-electron chi connectivity index (χ1n) is 10.6. The van der Waals surface area contributed by atoms with Crippen molar-refractivity contribution in [3.05, 3.63) is 74.5 Å². The zero-order valence-electron chi connectivity index (χ0n) is 19.3. The smallest absolute Gasteiger partial charge is 0.336 e. The van der Waals surface area contributed by atoms with Gasteiger partial charge in [0.25, 0.3) is 5.91 Å². The van der Waals surface area contributed by atoms with E-state index in [1.165, 1.54) is 38.1 Å². The van der Waals surface area contributed by atoms with Gasteiger partial charge in [0.2, 0.25) is 5.91 Å². The number of hydrogen-bond donors (Lipinski definition) is 2. The molecule has 0 fully saturated rings. The molecule has 2 N–H and O–H groups in total. The van der Waals surface area contributed by atoms with Gasteiger partial charge in [0.1, 0.15) is 0 Å². The van der Waals surface area contributed by atoms with Crippen LogP contribution >= 0.6 is 23.2 Å². The first-order valence-corrected chi connectivity index (χ1v) is 11.4. The van der Waals surface area contributed by atoms with Crippen molar-refractivity contribution in [2.75, 3.05) is 0 Å². The highest BCUT2D eigenvalue weighted by molar-refractivity contribution is 6.35. The molecule has 0 aliphatic heterocycles. The highest BCUT2D eigenvalue weighted by Gasteiger charge is 2.39. The second-order valence-electron chi connectivity index (χ2n) is 8.13. The van der Waals surface area contributed by atoms with Crippen LogP contribution in [0.2, 0.25) is 10.0 Å². The van der Waals surface area contributed by atoms with Crippen LogP contribution in [-0.4, -0.2) is 30.3 Å². The fourth-order valence-corrected chi connectivity index (χ4v) is 3.80. The molecular weight excluding hydrogens is 552 g/mol. The van der Waals surface area contributed by atoms with Gasteiger partial charge >= 0.3 is 12.4 Å². The first kappa shape index (κ1) is 30.4. The third-order valence-electron chi connectivity index (χ3n) is 5.05. The van der Waals surface area contributed by atoms with Crippen molar-refractivity contribution in [2.24, 2.45) is 0 Å². The maximum absolute atomic E-state index is 13.7. The molecule has 0 saturated heterocycles. The minimum atomic E-state index is -4.74. The maximum atomic E-state index is 13.7. The SMILES string of the molecule is Cc1cc(C=CC(c2cc(Cl)c(F)c(Cl)c2)C(F)(F)F)ccc1C(=O)N[C@H](C)NC(=O)CCC(F)(F)F. The summed E-state index contributed by atoms with van der Waals surface area (Å²) < 4.78 is 91.3. The van der Waals surface area contributed by atoms with Gasteiger partial charge in [0.05, 0.1) is 28.5 Å². The van der Waals surface area contributed by atoms with E-state index in [0.29, 0.717) is 11.1 Å². The Labute approximate surface area is 217 Å². The van der Waals surface area contributed by atoms with Crippen molar-refractivity contribution < 1.29 is 40.3 Å². The van der Waals surface area contributed by atoms with Crippen LogP contribution in [0.1, 0.15) is 52.7 Å². The van der Waals surface area contributed by atoms with Gasteiger partial charge < -0.3 is 10.6 Å². The minimum absolute atomic E-state index is 0.137. The molecular formula is C24H21Cl2F7N2O2. The number of allylic oxidation sites excluding steroid dienone is 1. The molecule has 0 aromatic heterocycles. The fourth-order valence-electron chi connectivity index (χ4n) is 3.30. The summed E-state index contributed by atoms with van der Waals surface area (Å²) in [4.78, 5) is 24.1. The van der Waals surface area contributed by atoms with E-state index in [1.807, 2.05) is 0 Å². The highest BCUT2D eigenvalue weighted by atomic mass is 35.5. The molecule has 2 rings (SSSR count). The zero-order valence-corrected chi connectivity index (χ0v) is 20.8. The lowest BCUT2D eigenvalue weighted by Gasteiger charge is -2.18. The summed E-state index contributed by atoms with van der Waals surface area (Å²) in [6.07, 6.45) is -10.3. The molecule has 37 heavy (non-hydrogen) atoms. The van der Waals surface area contributed by atoms with E-state index >= 15 is 0 Å². The predicted octanol–water partition coefficient (Wildman–Crippen LogP) is 7.33. The molecule has 0 aliphatic carbocycles. The Morgan fingerprint density at radius 3 is 2.11 bits per heavy atom. The molecule has 0 heterocycles. The van der Waals surface area contributed by atoms with Gasteiger partial charge in [-0.1, -0.05) is 47.5 Å². The molecule has 2 amide bonds. The van der Waals surface area contributed by atoms with Gasteiger partial charge in [-0.25, -0.2) is 4.39 Å². The lowest BCUT2D eigenvalue weighted by molar-refractivity contribution is -0.144. The number of alkyl halides is 6. The number of halogens is 9. The van der Waals surface area contributed by atoms with E-state index in [4.69, 9.17) is 23.2 Å².